The molecule has 0 saturated carbocycles. The normalized spacial score (nSPS) is 18.5. The predicted octanol–water partition coefficient (Wildman–Crippen LogP) is 4.95. The molecule has 1 unspecified atom stereocenters. The summed E-state index contributed by atoms with van der Waals surface area (Å²) in [5, 5.41) is 3.14. The van der Waals surface area contributed by atoms with Gasteiger partial charge >= 0.3 is 0 Å². The Morgan fingerprint density at radius 3 is 2.72 bits per heavy atom. The second-order valence-corrected chi connectivity index (χ2v) is 7.21. The molecule has 1 atom stereocenters. The summed E-state index contributed by atoms with van der Waals surface area (Å²) in [5.41, 5.74) is 1.24. The van der Waals surface area contributed by atoms with E-state index in [1.807, 2.05) is 17.5 Å². The first kappa shape index (κ1) is 14.4. The van der Waals surface area contributed by atoms with Crippen LogP contribution in [0.15, 0.2) is 30.3 Å². The number of benzene rings is 1. The average molecular weight is 361 g/mol. The van der Waals surface area contributed by atoms with Crippen molar-refractivity contribution in [3.8, 4) is 5.75 Å². The summed E-state index contributed by atoms with van der Waals surface area (Å²) >= 11 is 8.35. The highest BCUT2D eigenvalue weighted by molar-refractivity contribution is 9.09. The Labute approximate surface area is 129 Å². The van der Waals surface area contributed by atoms with Gasteiger partial charge in [0.2, 0.25) is 0 Å². The maximum absolute atomic E-state index is 5.62. The molecule has 1 aliphatic heterocycles. The number of rotatable bonds is 6. The smallest absolute Gasteiger partial charge is 0.119 e. The van der Waals surface area contributed by atoms with Gasteiger partial charge in [-0.25, -0.2) is 0 Å². The highest BCUT2D eigenvalue weighted by Crippen LogP contribution is 2.46. The van der Waals surface area contributed by atoms with E-state index < -0.39 is 0 Å². The van der Waals surface area contributed by atoms with Gasteiger partial charge in [-0.15, -0.1) is 0 Å². The number of halogens is 1. The quantitative estimate of drug-likeness (QED) is 0.307. The van der Waals surface area contributed by atoms with Crippen molar-refractivity contribution in [2.24, 2.45) is 0 Å². The molecule has 1 aromatic rings. The van der Waals surface area contributed by atoms with Gasteiger partial charge in [-0.05, 0) is 29.5 Å². The zero-order valence-corrected chi connectivity index (χ0v) is 13.7. The van der Waals surface area contributed by atoms with E-state index in [2.05, 4.69) is 34.1 Å². The molecule has 1 heterocycles. The molecule has 5 heteroatoms. The van der Waals surface area contributed by atoms with Crippen LogP contribution in [-0.2, 0) is 0 Å². The van der Waals surface area contributed by atoms with Crippen LogP contribution in [0.2, 0.25) is 0 Å². The van der Waals surface area contributed by atoms with Crippen LogP contribution in [0.1, 0.15) is 12.0 Å². The van der Waals surface area contributed by atoms with Crippen molar-refractivity contribution in [1.82, 2.24) is 0 Å². The van der Waals surface area contributed by atoms with E-state index in [1.165, 1.54) is 10.5 Å². The summed E-state index contributed by atoms with van der Waals surface area (Å²) in [7, 11) is 3.58. The van der Waals surface area contributed by atoms with E-state index in [9.17, 15) is 0 Å². The molecular formula is C13H13BrOS3. The van der Waals surface area contributed by atoms with E-state index in [1.54, 1.807) is 21.6 Å². The lowest BCUT2D eigenvalue weighted by molar-refractivity contribution is 0.319. The van der Waals surface area contributed by atoms with Crippen LogP contribution in [0.25, 0.3) is 4.91 Å². The van der Waals surface area contributed by atoms with Gasteiger partial charge in [0.1, 0.15) is 5.75 Å². The predicted molar refractivity (Wildman–Crippen MR) is 91.0 cm³/mol. The highest BCUT2D eigenvalue weighted by atomic mass is 79.9. The summed E-state index contributed by atoms with van der Waals surface area (Å²) < 4.78 is 5.62. The van der Waals surface area contributed by atoms with Crippen molar-refractivity contribution in [2.45, 2.75) is 11.7 Å². The Hall–Kier alpha value is 0.0300. The Balaban J connectivity index is 1.97. The van der Waals surface area contributed by atoms with E-state index in [0.29, 0.717) is 5.25 Å². The number of thiocarbonyl (C=S) groups is 1. The molecule has 0 N–H and O–H groups in total. The first-order valence-electron chi connectivity index (χ1n) is 5.63. The van der Waals surface area contributed by atoms with Gasteiger partial charge in [-0.1, -0.05) is 67.9 Å². The van der Waals surface area contributed by atoms with Gasteiger partial charge in [0.15, 0.2) is 0 Å². The Morgan fingerprint density at radius 1 is 1.33 bits per heavy atom. The monoisotopic (exact) mass is 360 g/mol. The molecule has 0 radical (unpaired) electrons. The molecule has 0 spiro atoms. The molecule has 0 fully saturated rings. The number of hydrogen-bond acceptors (Lipinski definition) is 4. The maximum atomic E-state index is 5.62. The lowest BCUT2D eigenvalue weighted by atomic mass is 10.2. The van der Waals surface area contributed by atoms with E-state index >= 15 is 0 Å². The fourth-order valence-electron chi connectivity index (χ4n) is 1.48. The summed E-state index contributed by atoms with van der Waals surface area (Å²) in [6.07, 6.45) is 3.23. The summed E-state index contributed by atoms with van der Waals surface area (Å²) in [5.74, 6) is 0.933. The number of alkyl halides is 1. The summed E-state index contributed by atoms with van der Waals surface area (Å²) in [4.78, 5) is 1.29. The molecule has 1 aliphatic rings. The average Bonchev–Trinajstić information content (AvgIpc) is 2.89. The molecule has 18 heavy (non-hydrogen) atoms. The molecule has 2 rings (SSSR count). The summed E-state index contributed by atoms with van der Waals surface area (Å²) in [6.45, 7) is 0.755. The first-order valence-corrected chi connectivity index (χ1v) is 9.43. The zero-order chi connectivity index (χ0) is 12.8. The van der Waals surface area contributed by atoms with Gasteiger partial charge in [0.05, 0.1) is 11.9 Å². The van der Waals surface area contributed by atoms with Crippen LogP contribution < -0.4 is 4.74 Å². The number of ether oxygens (including phenoxy) is 1. The van der Waals surface area contributed by atoms with Crippen molar-refractivity contribution in [2.75, 3.05) is 11.9 Å². The van der Waals surface area contributed by atoms with E-state index in [-0.39, 0.29) is 0 Å². The third kappa shape index (κ3) is 4.02. The second kappa shape index (κ2) is 7.58. The van der Waals surface area contributed by atoms with Crippen LogP contribution >= 0.6 is 49.7 Å². The fourth-order valence-corrected chi connectivity index (χ4v) is 4.57. The topological polar surface area (TPSA) is 9.23 Å². The molecule has 0 saturated heterocycles. The highest BCUT2D eigenvalue weighted by Gasteiger charge is 2.16. The molecule has 0 aromatic heterocycles. The lowest BCUT2D eigenvalue weighted by Crippen LogP contribution is -1.97. The van der Waals surface area contributed by atoms with Crippen molar-refractivity contribution < 1.29 is 4.74 Å². The van der Waals surface area contributed by atoms with Crippen LogP contribution in [-0.4, -0.2) is 22.6 Å². The minimum Gasteiger partial charge on any atom is -0.494 e. The Morgan fingerprint density at radius 2 is 2.11 bits per heavy atom. The molecule has 0 aliphatic carbocycles. The molecule has 0 amide bonds. The van der Waals surface area contributed by atoms with Gasteiger partial charge in [-0.2, -0.15) is 0 Å². The Kier molecular flexibility index (Phi) is 6.08. The minimum atomic E-state index is 0.356. The van der Waals surface area contributed by atoms with Crippen LogP contribution in [0.4, 0.5) is 0 Å². The third-order valence-corrected chi connectivity index (χ3v) is 6.05. The Bertz CT molecular complexity index is 430. The lowest BCUT2D eigenvalue weighted by Gasteiger charge is -2.06. The van der Waals surface area contributed by atoms with Crippen LogP contribution in [0.3, 0.4) is 0 Å². The SMILES string of the molecule is S=CC1C=C(c2ccc(OCCCBr)cc2)SS1. The maximum Gasteiger partial charge on any atom is 0.119 e. The van der Waals surface area contributed by atoms with Crippen molar-refractivity contribution in [3.05, 3.63) is 35.9 Å². The fraction of sp³-hybridized carbons (Fsp3) is 0.308. The molecule has 96 valence electrons. The molecule has 1 nitrogen and oxygen atoms in total. The van der Waals surface area contributed by atoms with Crippen molar-refractivity contribution in [3.63, 3.8) is 0 Å². The van der Waals surface area contributed by atoms with Crippen LogP contribution in [0, 0.1) is 0 Å². The zero-order valence-electron chi connectivity index (χ0n) is 9.67. The number of hydrogen-bond donors (Lipinski definition) is 0. The van der Waals surface area contributed by atoms with Gasteiger partial charge in [0.25, 0.3) is 0 Å². The van der Waals surface area contributed by atoms with Gasteiger partial charge < -0.3 is 4.74 Å². The van der Waals surface area contributed by atoms with E-state index in [4.69, 9.17) is 17.0 Å². The molecule has 0 bridgehead atoms. The summed E-state index contributed by atoms with van der Waals surface area (Å²) in [6, 6.07) is 8.27. The second-order valence-electron chi connectivity index (χ2n) is 3.73. The molecule has 1 aromatic carbocycles. The first-order chi connectivity index (χ1) is 8.83. The van der Waals surface area contributed by atoms with Crippen molar-refractivity contribution in [1.29, 1.82) is 0 Å². The largest absolute Gasteiger partial charge is 0.494 e. The van der Waals surface area contributed by atoms with Gasteiger partial charge in [0, 0.05) is 10.2 Å². The minimum absolute atomic E-state index is 0.356. The van der Waals surface area contributed by atoms with Crippen molar-refractivity contribution >= 4 is 60.0 Å². The van der Waals surface area contributed by atoms with Gasteiger partial charge in [-0.3, -0.25) is 0 Å². The van der Waals surface area contributed by atoms with Crippen LogP contribution in [0.5, 0.6) is 5.75 Å². The van der Waals surface area contributed by atoms with E-state index in [0.717, 1.165) is 24.1 Å². The standard InChI is InChI=1S/C13H13BrOS3/c14-6-1-7-15-11-4-2-10(3-5-11)13-8-12(9-16)17-18-13/h2-5,8-9,12H,1,6-7H2. The molecular weight excluding hydrogens is 348 g/mol. The third-order valence-electron chi connectivity index (χ3n) is 2.38.